The predicted molar refractivity (Wildman–Crippen MR) is 81.6 cm³/mol. The van der Waals surface area contributed by atoms with Crippen molar-refractivity contribution in [2.45, 2.75) is 64.3 Å². The van der Waals surface area contributed by atoms with E-state index in [0.717, 1.165) is 70.4 Å². The van der Waals surface area contributed by atoms with E-state index < -0.39 is 0 Å². The molecule has 0 aromatic rings. The van der Waals surface area contributed by atoms with Crippen LogP contribution >= 0.6 is 0 Å². The first-order valence-corrected chi connectivity index (χ1v) is 8.72. The van der Waals surface area contributed by atoms with Crippen molar-refractivity contribution in [3.63, 3.8) is 0 Å². The lowest BCUT2D eigenvalue weighted by molar-refractivity contribution is -0.139. The van der Waals surface area contributed by atoms with Gasteiger partial charge in [0, 0.05) is 31.0 Å². The topological polar surface area (TPSA) is 49.4 Å². The van der Waals surface area contributed by atoms with Crippen LogP contribution in [0.2, 0.25) is 0 Å². The molecule has 0 atom stereocenters. The highest BCUT2D eigenvalue weighted by Crippen LogP contribution is 2.32. The Balaban J connectivity index is 1.44. The minimum atomic E-state index is 0.149. The Hall–Kier alpha value is -1.06. The summed E-state index contributed by atoms with van der Waals surface area (Å²) >= 11 is 0. The first-order chi connectivity index (χ1) is 10.1. The Morgan fingerprint density at radius 3 is 2.00 bits per heavy atom. The number of rotatable bonds is 3. The smallest absolute Gasteiger partial charge is 0.225 e. The van der Waals surface area contributed by atoms with Crippen LogP contribution in [0.15, 0.2) is 0 Å². The van der Waals surface area contributed by atoms with Gasteiger partial charge in [0.1, 0.15) is 0 Å². The number of carbonyl (C=O) groups is 2. The fourth-order valence-corrected chi connectivity index (χ4v) is 3.64. The van der Waals surface area contributed by atoms with Crippen molar-refractivity contribution < 1.29 is 9.59 Å². The van der Waals surface area contributed by atoms with Gasteiger partial charge < -0.3 is 10.2 Å². The number of likely N-dealkylation sites (tertiary alicyclic amines) is 1. The van der Waals surface area contributed by atoms with Crippen LogP contribution in [0.5, 0.6) is 0 Å². The van der Waals surface area contributed by atoms with Crippen LogP contribution in [0.4, 0.5) is 0 Å². The van der Waals surface area contributed by atoms with Crippen molar-refractivity contribution in [2.75, 3.05) is 13.1 Å². The quantitative estimate of drug-likeness (QED) is 0.868. The summed E-state index contributed by atoms with van der Waals surface area (Å²) < 4.78 is 0. The third kappa shape index (κ3) is 3.78. The highest BCUT2D eigenvalue weighted by molar-refractivity contribution is 5.81. The Kier molecular flexibility index (Phi) is 4.51. The Morgan fingerprint density at radius 1 is 0.857 bits per heavy atom. The lowest BCUT2D eigenvalue weighted by atomic mass is 9.80. The normalized spacial score (nSPS) is 31.0. The molecule has 4 nitrogen and oxygen atoms in total. The maximum absolute atomic E-state index is 12.5. The van der Waals surface area contributed by atoms with Crippen molar-refractivity contribution in [3.8, 4) is 0 Å². The summed E-state index contributed by atoms with van der Waals surface area (Å²) in [5, 5.41) is 3.10. The molecule has 3 rings (SSSR count). The highest BCUT2D eigenvalue weighted by Gasteiger charge is 2.34. The zero-order chi connectivity index (χ0) is 14.8. The fraction of sp³-hybridized carbons (Fsp3) is 0.882. The number of amides is 2. The summed E-state index contributed by atoms with van der Waals surface area (Å²) in [7, 11) is 0. The van der Waals surface area contributed by atoms with E-state index in [1.807, 2.05) is 0 Å². The van der Waals surface area contributed by atoms with Gasteiger partial charge >= 0.3 is 0 Å². The largest absolute Gasteiger partial charge is 0.353 e. The van der Waals surface area contributed by atoms with Crippen molar-refractivity contribution >= 4 is 11.8 Å². The molecule has 0 spiro atoms. The molecular weight excluding hydrogens is 264 g/mol. The van der Waals surface area contributed by atoms with Gasteiger partial charge in [-0.1, -0.05) is 6.92 Å². The summed E-state index contributed by atoms with van der Waals surface area (Å²) in [6, 6.07) is 0.451. The fourth-order valence-electron chi connectivity index (χ4n) is 3.64. The zero-order valence-electron chi connectivity index (χ0n) is 13.1. The minimum Gasteiger partial charge on any atom is -0.353 e. The molecule has 3 aliphatic rings. The van der Waals surface area contributed by atoms with Gasteiger partial charge in [0.2, 0.25) is 11.8 Å². The van der Waals surface area contributed by atoms with Gasteiger partial charge in [-0.25, -0.2) is 0 Å². The number of nitrogens with zero attached hydrogens (tertiary/aromatic N) is 1. The van der Waals surface area contributed by atoms with Crippen LogP contribution in [0.1, 0.15) is 58.3 Å². The molecule has 0 radical (unpaired) electrons. The molecule has 1 saturated heterocycles. The first kappa shape index (κ1) is 14.9. The average molecular weight is 292 g/mol. The number of carbonyl (C=O) groups excluding carboxylic acids is 2. The lowest BCUT2D eigenvalue weighted by Gasteiger charge is -2.35. The van der Waals surface area contributed by atoms with Crippen LogP contribution in [-0.4, -0.2) is 35.8 Å². The average Bonchev–Trinajstić information content (AvgIpc) is 3.31. The van der Waals surface area contributed by atoms with E-state index in [2.05, 4.69) is 17.1 Å². The minimum absolute atomic E-state index is 0.149. The van der Waals surface area contributed by atoms with Gasteiger partial charge in [-0.15, -0.1) is 0 Å². The van der Waals surface area contributed by atoms with Crippen molar-refractivity contribution in [1.82, 2.24) is 10.2 Å². The summed E-state index contributed by atoms with van der Waals surface area (Å²) in [4.78, 5) is 26.7. The van der Waals surface area contributed by atoms with E-state index in [0.29, 0.717) is 11.9 Å². The zero-order valence-corrected chi connectivity index (χ0v) is 13.1. The molecule has 118 valence electrons. The maximum Gasteiger partial charge on any atom is 0.225 e. The maximum atomic E-state index is 12.5. The molecular formula is C17H28N2O2. The van der Waals surface area contributed by atoms with E-state index in [-0.39, 0.29) is 17.7 Å². The lowest BCUT2D eigenvalue weighted by Crippen LogP contribution is -2.43. The van der Waals surface area contributed by atoms with Gasteiger partial charge in [0.25, 0.3) is 0 Å². The summed E-state index contributed by atoms with van der Waals surface area (Å²) in [6.45, 7) is 4.13. The second-order valence-electron chi connectivity index (χ2n) is 7.34. The first-order valence-electron chi connectivity index (χ1n) is 8.72. The van der Waals surface area contributed by atoms with Crippen LogP contribution in [0.3, 0.4) is 0 Å². The van der Waals surface area contributed by atoms with E-state index in [9.17, 15) is 9.59 Å². The van der Waals surface area contributed by atoms with Crippen molar-refractivity contribution in [1.29, 1.82) is 0 Å². The van der Waals surface area contributed by atoms with E-state index in [1.165, 1.54) is 0 Å². The number of nitrogens with one attached hydrogen (secondary N) is 1. The van der Waals surface area contributed by atoms with Gasteiger partial charge in [-0.3, -0.25) is 9.59 Å². The summed E-state index contributed by atoms with van der Waals surface area (Å²) in [6.07, 6.45) is 8.15. The van der Waals surface area contributed by atoms with Crippen LogP contribution in [0.25, 0.3) is 0 Å². The molecule has 1 N–H and O–H groups in total. The van der Waals surface area contributed by atoms with E-state index in [1.54, 1.807) is 0 Å². The van der Waals surface area contributed by atoms with Crippen molar-refractivity contribution in [2.24, 2.45) is 17.8 Å². The molecule has 2 amide bonds. The molecule has 0 aromatic carbocycles. The van der Waals surface area contributed by atoms with Gasteiger partial charge in [-0.2, -0.15) is 0 Å². The second kappa shape index (κ2) is 6.37. The van der Waals surface area contributed by atoms with Gasteiger partial charge in [0.05, 0.1) is 0 Å². The second-order valence-corrected chi connectivity index (χ2v) is 7.34. The van der Waals surface area contributed by atoms with Crippen LogP contribution < -0.4 is 5.32 Å². The van der Waals surface area contributed by atoms with Gasteiger partial charge in [-0.05, 0) is 57.3 Å². The third-order valence-corrected chi connectivity index (χ3v) is 5.47. The molecule has 0 bridgehead atoms. The van der Waals surface area contributed by atoms with Crippen LogP contribution in [0, 0.1) is 17.8 Å². The molecule has 1 aliphatic heterocycles. The Labute approximate surface area is 127 Å². The van der Waals surface area contributed by atoms with E-state index in [4.69, 9.17) is 0 Å². The Morgan fingerprint density at radius 2 is 1.43 bits per heavy atom. The standard InChI is InChI=1S/C17H28N2O2/c1-12-8-10-19(11-9-12)17(21)14-4-2-13(3-5-14)16(20)18-15-6-7-15/h12-15H,2-11H2,1H3,(H,18,20). The summed E-state index contributed by atoms with van der Waals surface area (Å²) in [5.74, 6) is 1.66. The molecule has 21 heavy (non-hydrogen) atoms. The van der Waals surface area contributed by atoms with E-state index >= 15 is 0 Å². The Bertz CT molecular complexity index is 390. The SMILES string of the molecule is CC1CCN(C(=O)C2CCC(C(=O)NC3CC3)CC2)CC1. The monoisotopic (exact) mass is 292 g/mol. The van der Waals surface area contributed by atoms with Crippen molar-refractivity contribution in [3.05, 3.63) is 0 Å². The number of hydrogen-bond acceptors (Lipinski definition) is 2. The van der Waals surface area contributed by atoms with Gasteiger partial charge in [0.15, 0.2) is 0 Å². The molecule has 4 heteroatoms. The molecule has 1 heterocycles. The predicted octanol–water partition coefficient (Wildman–Crippen LogP) is 2.33. The van der Waals surface area contributed by atoms with Crippen LogP contribution in [-0.2, 0) is 9.59 Å². The molecule has 2 saturated carbocycles. The summed E-state index contributed by atoms with van der Waals surface area (Å²) in [5.41, 5.74) is 0. The highest BCUT2D eigenvalue weighted by atomic mass is 16.2. The molecule has 0 unspecified atom stereocenters. The number of piperidine rings is 1. The molecule has 2 aliphatic carbocycles. The molecule has 0 aromatic heterocycles. The molecule has 3 fully saturated rings. The number of hydrogen-bond donors (Lipinski definition) is 1. The third-order valence-electron chi connectivity index (χ3n) is 5.47.